The highest BCUT2D eigenvalue weighted by Crippen LogP contribution is 2.31. The van der Waals surface area contributed by atoms with Gasteiger partial charge >= 0.3 is 0 Å². The van der Waals surface area contributed by atoms with Crippen LogP contribution in [0.15, 0.2) is 36.4 Å². The summed E-state index contributed by atoms with van der Waals surface area (Å²) in [6.45, 7) is 11.5. The second-order valence-corrected chi connectivity index (χ2v) is 7.90. The van der Waals surface area contributed by atoms with Gasteiger partial charge in [0.1, 0.15) is 5.82 Å². The molecule has 0 radical (unpaired) electrons. The first-order valence-corrected chi connectivity index (χ1v) is 10.4. The smallest absolute Gasteiger partial charge is 0.260 e. The molecule has 6 heteroatoms. The van der Waals surface area contributed by atoms with Gasteiger partial charge in [-0.25, -0.2) is 9.37 Å². The summed E-state index contributed by atoms with van der Waals surface area (Å²) in [6.07, 6.45) is 0. The predicted octanol–water partition coefficient (Wildman–Crippen LogP) is 5.04. The van der Waals surface area contributed by atoms with Gasteiger partial charge in [0.15, 0.2) is 5.13 Å². The zero-order chi connectivity index (χ0) is 20.3. The SMILES string of the molecule is CCN(CC)CCN(C(=O)c1ccc(F)cc1)c1nc2cc(C)c(C)cc2s1. The van der Waals surface area contributed by atoms with Crippen molar-refractivity contribution in [3.8, 4) is 0 Å². The first-order chi connectivity index (χ1) is 13.4. The molecule has 0 aliphatic heterocycles. The molecular formula is C22H26FN3OS. The number of likely N-dealkylation sites (N-methyl/N-ethyl adjacent to an activating group) is 1. The van der Waals surface area contributed by atoms with Gasteiger partial charge < -0.3 is 4.90 Å². The lowest BCUT2D eigenvalue weighted by molar-refractivity contribution is 0.0983. The van der Waals surface area contributed by atoms with Crippen LogP contribution in [0.5, 0.6) is 0 Å². The number of carbonyl (C=O) groups is 1. The van der Waals surface area contributed by atoms with Gasteiger partial charge in [0.25, 0.3) is 5.91 Å². The number of amides is 1. The number of hydrogen-bond acceptors (Lipinski definition) is 4. The third-order valence-electron chi connectivity index (χ3n) is 5.09. The second kappa shape index (κ2) is 8.80. The van der Waals surface area contributed by atoms with E-state index in [0.29, 0.717) is 17.2 Å². The Bertz CT molecular complexity index is 925. The number of benzene rings is 2. The minimum Gasteiger partial charge on any atom is -0.302 e. The lowest BCUT2D eigenvalue weighted by atomic mass is 10.1. The fourth-order valence-electron chi connectivity index (χ4n) is 3.10. The molecule has 0 N–H and O–H groups in total. The van der Waals surface area contributed by atoms with Crippen LogP contribution in [-0.2, 0) is 0 Å². The summed E-state index contributed by atoms with van der Waals surface area (Å²) < 4.78 is 14.4. The number of aryl methyl sites for hydroxylation is 2. The molecule has 0 saturated heterocycles. The number of hydrogen-bond donors (Lipinski definition) is 0. The van der Waals surface area contributed by atoms with Gasteiger partial charge in [-0.3, -0.25) is 9.69 Å². The summed E-state index contributed by atoms with van der Waals surface area (Å²) in [6, 6.07) is 9.89. The molecule has 28 heavy (non-hydrogen) atoms. The normalized spacial score (nSPS) is 11.4. The summed E-state index contributed by atoms with van der Waals surface area (Å²) in [5.74, 6) is -0.503. The number of anilines is 1. The maximum absolute atomic E-state index is 13.3. The molecule has 0 unspecified atom stereocenters. The Morgan fingerprint density at radius 2 is 1.68 bits per heavy atom. The van der Waals surface area contributed by atoms with Crippen molar-refractivity contribution in [1.29, 1.82) is 0 Å². The summed E-state index contributed by atoms with van der Waals surface area (Å²) >= 11 is 1.52. The van der Waals surface area contributed by atoms with E-state index in [2.05, 4.69) is 44.7 Å². The van der Waals surface area contributed by atoms with Crippen molar-refractivity contribution in [2.75, 3.05) is 31.1 Å². The molecule has 0 atom stereocenters. The topological polar surface area (TPSA) is 36.4 Å². The number of nitrogens with zero attached hydrogens (tertiary/aromatic N) is 3. The molecule has 1 heterocycles. The Hall–Kier alpha value is -2.31. The molecule has 0 aliphatic rings. The number of thiazole rings is 1. The fourth-order valence-corrected chi connectivity index (χ4v) is 4.17. The Morgan fingerprint density at radius 1 is 1.04 bits per heavy atom. The van der Waals surface area contributed by atoms with Crippen molar-refractivity contribution >= 4 is 32.6 Å². The van der Waals surface area contributed by atoms with Crippen LogP contribution in [0.2, 0.25) is 0 Å². The van der Waals surface area contributed by atoms with Gasteiger partial charge in [0, 0.05) is 18.7 Å². The number of carbonyl (C=O) groups excluding carboxylic acids is 1. The Morgan fingerprint density at radius 3 is 2.32 bits per heavy atom. The van der Waals surface area contributed by atoms with Crippen LogP contribution in [0.25, 0.3) is 10.2 Å². The molecule has 1 aromatic heterocycles. The van der Waals surface area contributed by atoms with E-state index >= 15 is 0 Å². The van der Waals surface area contributed by atoms with Crippen LogP contribution in [0.1, 0.15) is 35.3 Å². The summed E-state index contributed by atoms with van der Waals surface area (Å²) in [5, 5.41) is 0.682. The third-order valence-corrected chi connectivity index (χ3v) is 6.14. The molecule has 4 nitrogen and oxygen atoms in total. The highest BCUT2D eigenvalue weighted by Gasteiger charge is 2.22. The van der Waals surface area contributed by atoms with E-state index in [1.165, 1.54) is 46.7 Å². The molecule has 0 saturated carbocycles. The van der Waals surface area contributed by atoms with Crippen molar-refractivity contribution in [2.24, 2.45) is 0 Å². The molecule has 0 aliphatic carbocycles. The molecule has 0 bridgehead atoms. The van der Waals surface area contributed by atoms with E-state index in [4.69, 9.17) is 4.98 Å². The number of aromatic nitrogens is 1. The van der Waals surface area contributed by atoms with Gasteiger partial charge in [-0.15, -0.1) is 0 Å². The minimum atomic E-state index is -0.350. The van der Waals surface area contributed by atoms with Crippen molar-refractivity contribution in [1.82, 2.24) is 9.88 Å². The second-order valence-electron chi connectivity index (χ2n) is 6.89. The Balaban J connectivity index is 1.97. The molecular weight excluding hydrogens is 373 g/mol. The van der Waals surface area contributed by atoms with Crippen LogP contribution in [0, 0.1) is 19.7 Å². The highest BCUT2D eigenvalue weighted by molar-refractivity contribution is 7.22. The zero-order valence-electron chi connectivity index (χ0n) is 16.8. The third kappa shape index (κ3) is 4.39. The van der Waals surface area contributed by atoms with Crippen LogP contribution in [0.3, 0.4) is 0 Å². The standard InChI is InChI=1S/C22H26FN3OS/c1-5-25(6-2)11-12-26(21(27)17-7-9-18(23)10-8-17)22-24-19-13-15(3)16(4)14-20(19)28-22/h7-10,13-14H,5-6,11-12H2,1-4H3. The van der Waals surface area contributed by atoms with Gasteiger partial charge in [0.2, 0.25) is 0 Å². The molecule has 0 fully saturated rings. The highest BCUT2D eigenvalue weighted by atomic mass is 32.1. The van der Waals surface area contributed by atoms with Gasteiger partial charge in [-0.05, 0) is 74.5 Å². The number of fused-ring (bicyclic) bond motifs is 1. The molecule has 1 amide bonds. The summed E-state index contributed by atoms with van der Waals surface area (Å²) in [4.78, 5) is 21.9. The lowest BCUT2D eigenvalue weighted by Gasteiger charge is -2.24. The molecule has 148 valence electrons. The minimum absolute atomic E-state index is 0.153. The first kappa shape index (κ1) is 20.4. The maximum atomic E-state index is 13.3. The fraction of sp³-hybridized carbons (Fsp3) is 0.364. The number of halogens is 1. The predicted molar refractivity (Wildman–Crippen MR) is 115 cm³/mol. The van der Waals surface area contributed by atoms with E-state index in [1.807, 2.05) is 0 Å². The van der Waals surface area contributed by atoms with Crippen molar-refractivity contribution in [3.63, 3.8) is 0 Å². The van der Waals surface area contributed by atoms with Crippen LogP contribution in [-0.4, -0.2) is 42.0 Å². The largest absolute Gasteiger partial charge is 0.302 e. The van der Waals surface area contributed by atoms with Gasteiger partial charge in [0.05, 0.1) is 10.2 Å². The van der Waals surface area contributed by atoms with E-state index in [1.54, 1.807) is 4.90 Å². The molecule has 3 rings (SSSR count). The number of rotatable bonds is 7. The Labute approximate surface area is 169 Å². The van der Waals surface area contributed by atoms with Crippen LogP contribution < -0.4 is 4.90 Å². The zero-order valence-corrected chi connectivity index (χ0v) is 17.6. The van der Waals surface area contributed by atoms with E-state index < -0.39 is 0 Å². The van der Waals surface area contributed by atoms with Crippen molar-refractivity contribution < 1.29 is 9.18 Å². The monoisotopic (exact) mass is 399 g/mol. The van der Waals surface area contributed by atoms with E-state index in [9.17, 15) is 9.18 Å². The van der Waals surface area contributed by atoms with Gasteiger partial charge in [-0.1, -0.05) is 25.2 Å². The molecule has 3 aromatic rings. The van der Waals surface area contributed by atoms with E-state index in [-0.39, 0.29) is 11.7 Å². The van der Waals surface area contributed by atoms with Crippen LogP contribution in [0.4, 0.5) is 9.52 Å². The van der Waals surface area contributed by atoms with E-state index in [0.717, 1.165) is 29.9 Å². The summed E-state index contributed by atoms with van der Waals surface area (Å²) in [7, 11) is 0. The maximum Gasteiger partial charge on any atom is 0.260 e. The van der Waals surface area contributed by atoms with Gasteiger partial charge in [-0.2, -0.15) is 0 Å². The lowest BCUT2D eigenvalue weighted by Crippen LogP contribution is -2.38. The van der Waals surface area contributed by atoms with Crippen LogP contribution >= 0.6 is 11.3 Å². The summed E-state index contributed by atoms with van der Waals surface area (Å²) in [5.41, 5.74) is 3.77. The average molecular weight is 400 g/mol. The first-order valence-electron chi connectivity index (χ1n) is 9.60. The molecule has 0 spiro atoms. The Kier molecular flexibility index (Phi) is 6.42. The van der Waals surface area contributed by atoms with Crippen molar-refractivity contribution in [3.05, 3.63) is 58.9 Å². The van der Waals surface area contributed by atoms with Crippen molar-refractivity contribution in [2.45, 2.75) is 27.7 Å². The average Bonchev–Trinajstić information content (AvgIpc) is 3.08. The molecule has 2 aromatic carbocycles. The quantitative estimate of drug-likeness (QED) is 0.558.